The van der Waals surface area contributed by atoms with Crippen molar-refractivity contribution in [3.8, 4) is 0 Å². The van der Waals surface area contributed by atoms with Crippen molar-refractivity contribution in [3.63, 3.8) is 0 Å². The number of amides is 4. The van der Waals surface area contributed by atoms with Crippen LogP contribution in [-0.2, 0) is 9.47 Å². The summed E-state index contributed by atoms with van der Waals surface area (Å²) >= 11 is 10.8. The van der Waals surface area contributed by atoms with E-state index in [9.17, 15) is 9.59 Å². The van der Waals surface area contributed by atoms with Crippen LogP contribution >= 0.6 is 24.4 Å². The van der Waals surface area contributed by atoms with Gasteiger partial charge in [0, 0.05) is 39.4 Å². The lowest BCUT2D eigenvalue weighted by atomic mass is 9.86. The van der Waals surface area contributed by atoms with Gasteiger partial charge in [0.05, 0.1) is 26.3 Å². The summed E-state index contributed by atoms with van der Waals surface area (Å²) in [7, 11) is 0. The molecule has 206 valence electrons. The molecule has 0 saturated carbocycles. The van der Waals surface area contributed by atoms with E-state index in [0.29, 0.717) is 65.7 Å². The summed E-state index contributed by atoms with van der Waals surface area (Å²) in [6.07, 6.45) is 3.60. The van der Waals surface area contributed by atoms with E-state index in [1.807, 2.05) is 13.8 Å². The highest BCUT2D eigenvalue weighted by atomic mass is 32.1. The van der Waals surface area contributed by atoms with Gasteiger partial charge >= 0.3 is 12.1 Å². The van der Waals surface area contributed by atoms with Crippen molar-refractivity contribution in [2.45, 2.75) is 67.2 Å². The smallest absolute Gasteiger partial charge is 0.325 e. The first-order valence-electron chi connectivity index (χ1n) is 13.2. The molecule has 2 aliphatic rings. The molecule has 0 aliphatic carbocycles. The fourth-order valence-electron chi connectivity index (χ4n) is 4.22. The van der Waals surface area contributed by atoms with Crippen LogP contribution in [0.25, 0.3) is 0 Å². The lowest BCUT2D eigenvalue weighted by Gasteiger charge is -2.27. The van der Waals surface area contributed by atoms with Gasteiger partial charge in [-0.05, 0) is 50.4 Å². The molecule has 0 unspecified atom stereocenters. The van der Waals surface area contributed by atoms with Crippen LogP contribution in [0.15, 0.2) is 0 Å². The maximum absolute atomic E-state index is 12.4. The minimum absolute atomic E-state index is 0.0333. The maximum Gasteiger partial charge on any atom is 0.325 e. The Labute approximate surface area is 228 Å². The molecule has 0 radical (unpaired) electrons. The maximum atomic E-state index is 12.4. The van der Waals surface area contributed by atoms with E-state index in [2.05, 4.69) is 27.7 Å². The van der Waals surface area contributed by atoms with Gasteiger partial charge in [0.1, 0.15) is 9.98 Å². The second-order valence-corrected chi connectivity index (χ2v) is 12.2. The molecule has 2 fully saturated rings. The first-order valence-corrected chi connectivity index (χ1v) is 14.1. The van der Waals surface area contributed by atoms with Crippen molar-refractivity contribution < 1.29 is 19.1 Å². The van der Waals surface area contributed by atoms with Gasteiger partial charge in [0.15, 0.2) is 0 Å². The Morgan fingerprint density at radius 2 is 1.03 bits per heavy atom. The Kier molecular flexibility index (Phi) is 12.0. The van der Waals surface area contributed by atoms with Crippen LogP contribution in [-0.4, -0.2) is 107 Å². The Morgan fingerprint density at radius 3 is 1.33 bits per heavy atom. The monoisotopic (exact) mass is 542 g/mol. The third-order valence-electron chi connectivity index (χ3n) is 7.26. The molecule has 2 aliphatic heterocycles. The quantitative estimate of drug-likeness (QED) is 0.194. The second-order valence-electron chi connectivity index (χ2n) is 11.2. The summed E-state index contributed by atoms with van der Waals surface area (Å²) in [5, 5.41) is 0. The lowest BCUT2D eigenvalue weighted by molar-refractivity contribution is 0.0270. The second kappa shape index (κ2) is 14.0. The zero-order valence-electron chi connectivity index (χ0n) is 23.1. The minimum atomic E-state index is 0.0333. The van der Waals surface area contributed by atoms with E-state index in [1.165, 1.54) is 0 Å². The van der Waals surface area contributed by atoms with Gasteiger partial charge in [-0.3, -0.25) is 9.80 Å². The number of ether oxygens (including phenoxy) is 2. The van der Waals surface area contributed by atoms with Crippen molar-refractivity contribution in [2.24, 2.45) is 10.8 Å². The number of hydrogen-bond acceptors (Lipinski definition) is 6. The molecule has 4 amide bonds. The van der Waals surface area contributed by atoms with Crippen LogP contribution in [0.3, 0.4) is 0 Å². The third kappa shape index (κ3) is 9.19. The van der Waals surface area contributed by atoms with Gasteiger partial charge in [-0.25, -0.2) is 9.59 Å². The number of thiocarbonyl (C=S) groups is 2. The van der Waals surface area contributed by atoms with Crippen molar-refractivity contribution in [1.29, 1.82) is 0 Å². The average molecular weight is 543 g/mol. The Morgan fingerprint density at radius 1 is 0.667 bits per heavy atom. The number of carbonyl (C=O) groups is 2. The number of urea groups is 2. The van der Waals surface area contributed by atoms with Crippen LogP contribution < -0.4 is 0 Å². The molecule has 0 aromatic carbocycles. The molecule has 2 heterocycles. The first-order chi connectivity index (χ1) is 16.9. The molecule has 8 nitrogen and oxygen atoms in total. The van der Waals surface area contributed by atoms with Gasteiger partial charge in [0.2, 0.25) is 0 Å². The fourth-order valence-corrected chi connectivity index (χ4v) is 4.87. The van der Waals surface area contributed by atoms with Crippen molar-refractivity contribution >= 4 is 46.5 Å². The van der Waals surface area contributed by atoms with Gasteiger partial charge in [0.25, 0.3) is 0 Å². The fraction of sp³-hybridized carbons (Fsp3) is 0.846. The molecule has 0 aromatic heterocycles. The van der Waals surface area contributed by atoms with E-state index in [0.717, 1.165) is 35.7 Å². The standard InChI is InChI=1S/C26H46N4O4S2/c1-7-27-19-21(35)29(23(27)31)13-9-25(3,4)11-15-33-17-18-34-16-12-26(5,6)10-14-30-22(36)20-28(8-2)24(30)32/h7-20H2,1-6H3. The first kappa shape index (κ1) is 30.9. The molecule has 36 heavy (non-hydrogen) atoms. The number of carbonyl (C=O) groups excluding carboxylic acids is 2. The normalized spacial score (nSPS) is 17.4. The summed E-state index contributed by atoms with van der Waals surface area (Å²) in [4.78, 5) is 33.2. The van der Waals surface area contributed by atoms with Gasteiger partial charge < -0.3 is 19.3 Å². The summed E-state index contributed by atoms with van der Waals surface area (Å²) in [6, 6.07) is 0.0667. The third-order valence-corrected chi connectivity index (χ3v) is 7.96. The van der Waals surface area contributed by atoms with E-state index >= 15 is 0 Å². The largest absolute Gasteiger partial charge is 0.379 e. The molecular formula is C26H46N4O4S2. The van der Waals surface area contributed by atoms with E-state index in [4.69, 9.17) is 33.9 Å². The van der Waals surface area contributed by atoms with Crippen LogP contribution in [0.5, 0.6) is 0 Å². The molecular weight excluding hydrogens is 496 g/mol. The summed E-state index contributed by atoms with van der Waals surface area (Å²) < 4.78 is 11.6. The van der Waals surface area contributed by atoms with Crippen LogP contribution in [0, 0.1) is 10.8 Å². The van der Waals surface area contributed by atoms with Crippen molar-refractivity contribution in [3.05, 3.63) is 0 Å². The van der Waals surface area contributed by atoms with Crippen molar-refractivity contribution in [1.82, 2.24) is 19.6 Å². The minimum Gasteiger partial charge on any atom is -0.379 e. The van der Waals surface area contributed by atoms with E-state index in [1.54, 1.807) is 19.6 Å². The van der Waals surface area contributed by atoms with Gasteiger partial charge in [-0.15, -0.1) is 0 Å². The lowest BCUT2D eigenvalue weighted by Crippen LogP contribution is -2.35. The molecule has 0 spiro atoms. The molecule has 0 N–H and O–H groups in total. The highest BCUT2D eigenvalue weighted by Gasteiger charge is 2.34. The highest BCUT2D eigenvalue weighted by Crippen LogP contribution is 2.28. The zero-order chi connectivity index (χ0) is 26.9. The topological polar surface area (TPSA) is 65.6 Å². The van der Waals surface area contributed by atoms with Gasteiger partial charge in [-0.1, -0.05) is 52.1 Å². The molecule has 0 bridgehead atoms. The van der Waals surface area contributed by atoms with Crippen LogP contribution in [0.4, 0.5) is 9.59 Å². The number of hydrogen-bond donors (Lipinski definition) is 0. The zero-order valence-corrected chi connectivity index (χ0v) is 24.8. The Bertz CT molecular complexity index is 726. The summed E-state index contributed by atoms with van der Waals surface area (Å²) in [6.45, 7) is 19.1. The number of nitrogens with zero attached hydrogens (tertiary/aromatic N) is 4. The SMILES string of the molecule is CCN1CC(=S)N(CCC(C)(C)CCOCCOCCC(C)(C)CCN2C(=O)N(CC)CC2=S)C1=O. The molecule has 0 atom stereocenters. The van der Waals surface area contributed by atoms with Crippen LogP contribution in [0.2, 0.25) is 0 Å². The Hall–Kier alpha value is -1.36. The predicted molar refractivity (Wildman–Crippen MR) is 152 cm³/mol. The Balaban J connectivity index is 1.54. The number of rotatable bonds is 17. The van der Waals surface area contributed by atoms with Crippen molar-refractivity contribution in [2.75, 3.05) is 65.7 Å². The summed E-state index contributed by atoms with van der Waals surface area (Å²) in [5.41, 5.74) is 0.126. The van der Waals surface area contributed by atoms with E-state index < -0.39 is 0 Å². The molecule has 2 rings (SSSR count). The summed E-state index contributed by atoms with van der Waals surface area (Å²) in [5.74, 6) is 0. The number of likely N-dealkylation sites (N-methyl/N-ethyl adjacent to an activating group) is 2. The van der Waals surface area contributed by atoms with Gasteiger partial charge in [-0.2, -0.15) is 0 Å². The molecule has 0 aromatic rings. The van der Waals surface area contributed by atoms with E-state index in [-0.39, 0.29) is 22.9 Å². The highest BCUT2D eigenvalue weighted by molar-refractivity contribution is 7.80. The van der Waals surface area contributed by atoms with Crippen LogP contribution in [0.1, 0.15) is 67.2 Å². The average Bonchev–Trinajstić information content (AvgIpc) is 3.25. The predicted octanol–water partition coefficient (Wildman–Crippen LogP) is 4.80. The molecule has 2 saturated heterocycles. The molecule has 10 heteroatoms.